The maximum absolute atomic E-state index is 14.5. The van der Waals surface area contributed by atoms with E-state index < -0.39 is 11.6 Å². The Balaban J connectivity index is 1.11. The quantitative estimate of drug-likeness (QED) is 0.214. The standard InChI is InChI=1S/C32H23F2N5S/c1-31-21-15-32(31,29-20(28(21)31)14-24(38-39-29)27-22(33)8-5-9-23(27)34)25-12-13-35-30(37-25)19-10-11-26(36-16-19)40-17-18-6-3-2-4-7-18/h2-14,16,21,28H,15,17H2,1H3/t21?,28-,31?,32+/m1/s1. The predicted molar refractivity (Wildman–Crippen MR) is 148 cm³/mol. The minimum Gasteiger partial charge on any atom is -0.249 e. The Morgan fingerprint density at radius 2 is 1.75 bits per heavy atom. The number of thioether (sulfide) groups is 1. The average molecular weight is 548 g/mol. The summed E-state index contributed by atoms with van der Waals surface area (Å²) in [7, 11) is 0. The molecule has 40 heavy (non-hydrogen) atoms. The number of pyridine rings is 1. The van der Waals surface area contributed by atoms with Gasteiger partial charge >= 0.3 is 0 Å². The Morgan fingerprint density at radius 1 is 0.925 bits per heavy atom. The molecule has 3 heterocycles. The van der Waals surface area contributed by atoms with Crippen LogP contribution < -0.4 is 0 Å². The first kappa shape index (κ1) is 23.8. The van der Waals surface area contributed by atoms with Crippen molar-refractivity contribution in [3.05, 3.63) is 119 Å². The van der Waals surface area contributed by atoms with Crippen molar-refractivity contribution in [1.29, 1.82) is 0 Å². The molecular weight excluding hydrogens is 524 g/mol. The third kappa shape index (κ3) is 3.17. The normalized spacial score (nSPS) is 25.2. The Bertz CT molecular complexity index is 1780. The zero-order chi connectivity index (χ0) is 27.1. The lowest BCUT2D eigenvalue weighted by molar-refractivity contribution is 0.159. The number of fused-ring (bicyclic) bond motifs is 4. The molecule has 0 N–H and O–H groups in total. The Kier molecular flexibility index (Phi) is 5.05. The van der Waals surface area contributed by atoms with Gasteiger partial charge in [0, 0.05) is 23.7 Å². The minimum absolute atomic E-state index is 0.0295. The summed E-state index contributed by atoms with van der Waals surface area (Å²) in [5.41, 5.74) is 4.63. The van der Waals surface area contributed by atoms with Crippen LogP contribution in [0.1, 0.15) is 41.8 Å². The van der Waals surface area contributed by atoms with Crippen LogP contribution in [0.25, 0.3) is 22.6 Å². The molecule has 0 spiro atoms. The fourth-order valence-corrected chi connectivity index (χ4v) is 8.03. The number of nitrogens with zero attached hydrogens (tertiary/aromatic N) is 5. The molecule has 0 aliphatic heterocycles. The topological polar surface area (TPSA) is 64.5 Å². The lowest BCUT2D eigenvalue weighted by atomic mass is 9.57. The molecule has 0 bridgehead atoms. The van der Waals surface area contributed by atoms with E-state index in [2.05, 4.69) is 39.2 Å². The first-order valence-electron chi connectivity index (χ1n) is 13.3. The number of hydrogen-bond acceptors (Lipinski definition) is 6. The van der Waals surface area contributed by atoms with Crippen molar-refractivity contribution >= 4 is 11.8 Å². The summed E-state index contributed by atoms with van der Waals surface area (Å²) in [5, 5.41) is 9.87. The van der Waals surface area contributed by atoms with Gasteiger partial charge in [-0.1, -0.05) is 43.3 Å². The first-order chi connectivity index (χ1) is 19.5. The van der Waals surface area contributed by atoms with E-state index in [1.165, 1.54) is 23.8 Å². The third-order valence-electron chi connectivity index (χ3n) is 9.25. The lowest BCUT2D eigenvalue weighted by Gasteiger charge is -2.46. The van der Waals surface area contributed by atoms with Gasteiger partial charge in [-0.25, -0.2) is 23.7 Å². The van der Waals surface area contributed by atoms with Gasteiger partial charge in [0.1, 0.15) is 11.6 Å². The van der Waals surface area contributed by atoms with Gasteiger partial charge in [0.15, 0.2) is 5.82 Å². The molecule has 2 aromatic carbocycles. The second kappa shape index (κ2) is 8.48. The average Bonchev–Trinajstić information content (AvgIpc) is 3.42. The fraction of sp³-hybridized carbons (Fsp3) is 0.219. The monoisotopic (exact) mass is 547 g/mol. The van der Waals surface area contributed by atoms with Crippen molar-refractivity contribution < 1.29 is 8.78 Å². The Hall–Kier alpha value is -4.04. The highest BCUT2D eigenvalue weighted by molar-refractivity contribution is 7.98. The van der Waals surface area contributed by atoms with E-state index in [1.807, 2.05) is 48.7 Å². The largest absolute Gasteiger partial charge is 0.249 e. The molecule has 3 aliphatic carbocycles. The summed E-state index contributed by atoms with van der Waals surface area (Å²) in [4.78, 5) is 14.3. The van der Waals surface area contributed by atoms with E-state index in [-0.39, 0.29) is 28.0 Å². The Labute approximate surface area is 234 Å². The van der Waals surface area contributed by atoms with E-state index >= 15 is 0 Å². The third-order valence-corrected chi connectivity index (χ3v) is 10.3. The van der Waals surface area contributed by atoms with Gasteiger partial charge in [0.25, 0.3) is 0 Å². The van der Waals surface area contributed by atoms with Crippen LogP contribution in [-0.4, -0.2) is 25.1 Å². The molecule has 5 nitrogen and oxygen atoms in total. The predicted octanol–water partition coefficient (Wildman–Crippen LogP) is 6.99. The molecule has 0 saturated heterocycles. The maximum Gasteiger partial charge on any atom is 0.160 e. The summed E-state index contributed by atoms with van der Waals surface area (Å²) >= 11 is 1.69. The highest BCUT2D eigenvalue weighted by Crippen LogP contribution is 2.90. The van der Waals surface area contributed by atoms with Gasteiger partial charge in [-0.05, 0) is 71.2 Å². The SMILES string of the molecule is CC12C3C[C@]1(c1ccnc(-c4ccc(SCc5ccccc5)nc4)n1)c1nnc(-c4c(F)cccc4F)cc1[C@H]32. The van der Waals surface area contributed by atoms with Crippen molar-refractivity contribution in [3.8, 4) is 22.6 Å². The smallest absolute Gasteiger partial charge is 0.160 e. The number of halogens is 2. The van der Waals surface area contributed by atoms with Crippen molar-refractivity contribution in [1.82, 2.24) is 25.1 Å². The van der Waals surface area contributed by atoms with Crippen LogP contribution in [0.3, 0.4) is 0 Å². The first-order valence-corrected chi connectivity index (χ1v) is 14.3. The highest BCUT2D eigenvalue weighted by Gasteiger charge is 2.87. The molecular formula is C32H23F2N5S. The molecule has 0 amide bonds. The molecule has 2 fully saturated rings. The van der Waals surface area contributed by atoms with E-state index in [4.69, 9.17) is 4.98 Å². The lowest BCUT2D eigenvalue weighted by Crippen LogP contribution is -2.46. The van der Waals surface area contributed by atoms with E-state index in [9.17, 15) is 8.78 Å². The number of rotatable bonds is 6. The van der Waals surface area contributed by atoms with E-state index in [0.29, 0.717) is 11.7 Å². The molecule has 2 unspecified atom stereocenters. The van der Waals surface area contributed by atoms with Gasteiger partial charge in [0.05, 0.1) is 33.1 Å². The fourth-order valence-electron chi connectivity index (χ4n) is 7.23. The molecule has 4 atom stereocenters. The second-order valence-corrected chi connectivity index (χ2v) is 12.0. The molecule has 8 rings (SSSR count). The summed E-state index contributed by atoms with van der Waals surface area (Å²) < 4.78 is 29.0. The second-order valence-electron chi connectivity index (χ2n) is 11.0. The molecule has 196 valence electrons. The maximum atomic E-state index is 14.5. The van der Waals surface area contributed by atoms with Crippen molar-refractivity contribution in [3.63, 3.8) is 0 Å². The molecule has 2 saturated carbocycles. The number of hydrogen-bond donors (Lipinski definition) is 0. The summed E-state index contributed by atoms with van der Waals surface area (Å²) in [6.07, 6.45) is 4.56. The zero-order valence-corrected chi connectivity index (χ0v) is 22.4. The van der Waals surface area contributed by atoms with Crippen LogP contribution >= 0.6 is 11.8 Å². The van der Waals surface area contributed by atoms with Crippen LogP contribution in [0.5, 0.6) is 0 Å². The van der Waals surface area contributed by atoms with Crippen LogP contribution in [0.15, 0.2) is 90.2 Å². The number of aromatic nitrogens is 5. The van der Waals surface area contributed by atoms with Gasteiger partial charge in [-0.15, -0.1) is 16.9 Å². The Morgan fingerprint density at radius 3 is 2.52 bits per heavy atom. The minimum atomic E-state index is -0.635. The van der Waals surface area contributed by atoms with Crippen molar-refractivity contribution in [2.24, 2.45) is 11.3 Å². The summed E-state index contributed by atoms with van der Waals surface area (Å²) in [6.45, 7) is 2.28. The van der Waals surface area contributed by atoms with Crippen LogP contribution in [0.4, 0.5) is 8.78 Å². The van der Waals surface area contributed by atoms with E-state index in [0.717, 1.165) is 39.7 Å². The molecule has 3 aliphatic rings. The highest BCUT2D eigenvalue weighted by atomic mass is 32.2. The van der Waals surface area contributed by atoms with Gasteiger partial charge in [-0.3, -0.25) is 0 Å². The van der Waals surface area contributed by atoms with E-state index in [1.54, 1.807) is 18.0 Å². The van der Waals surface area contributed by atoms with Crippen LogP contribution in [-0.2, 0) is 11.2 Å². The summed E-state index contributed by atoms with van der Waals surface area (Å²) in [5.74, 6) is 0.994. The summed E-state index contributed by atoms with van der Waals surface area (Å²) in [6, 6.07) is 22.0. The van der Waals surface area contributed by atoms with Gasteiger partial charge in [0.2, 0.25) is 0 Å². The molecule has 8 heteroatoms. The number of benzene rings is 2. The van der Waals surface area contributed by atoms with Gasteiger partial charge in [-0.2, -0.15) is 5.10 Å². The van der Waals surface area contributed by atoms with Gasteiger partial charge < -0.3 is 0 Å². The van der Waals surface area contributed by atoms with Crippen LogP contribution in [0.2, 0.25) is 0 Å². The molecule has 0 radical (unpaired) electrons. The molecule has 3 aromatic heterocycles. The zero-order valence-electron chi connectivity index (χ0n) is 21.6. The molecule has 5 aromatic rings. The van der Waals surface area contributed by atoms with Crippen molar-refractivity contribution in [2.75, 3.05) is 0 Å². The van der Waals surface area contributed by atoms with Crippen LogP contribution in [0, 0.1) is 23.0 Å². The van der Waals surface area contributed by atoms with Crippen molar-refractivity contribution in [2.45, 2.75) is 35.5 Å².